The number of ether oxygens (including phenoxy) is 1. The average molecular weight is 893 g/mol. The van der Waals surface area contributed by atoms with Gasteiger partial charge in [-0.2, -0.15) is 0 Å². The molecule has 4 aliphatic rings. The van der Waals surface area contributed by atoms with Crippen molar-refractivity contribution in [3.63, 3.8) is 0 Å². The fourth-order valence-corrected chi connectivity index (χ4v) is 15.8. The third-order valence-electron chi connectivity index (χ3n) is 14.1. The second kappa shape index (κ2) is 18.7. The summed E-state index contributed by atoms with van der Waals surface area (Å²) >= 11 is 6.64. The van der Waals surface area contributed by atoms with Crippen molar-refractivity contribution < 1.29 is 23.9 Å². The third-order valence-corrected chi connectivity index (χ3v) is 19.4. The summed E-state index contributed by atoms with van der Waals surface area (Å²) in [5.74, 6) is -1.11. The smallest absolute Gasteiger partial charge is 0.261 e. The number of benzene rings is 4. The van der Waals surface area contributed by atoms with E-state index in [1.807, 2.05) is 36.4 Å². The molecule has 0 radical (unpaired) electrons. The number of halogens is 1. The number of phenolic OH excluding ortho intramolecular Hbond substituents is 1. The Bertz CT molecular complexity index is 2460. The van der Waals surface area contributed by atoms with Crippen molar-refractivity contribution >= 4 is 53.8 Å². The number of likely N-dealkylation sites (tertiary alicyclic amines) is 2. The number of rotatable bonds is 13. The topological polar surface area (TPSA) is 92.2 Å². The summed E-state index contributed by atoms with van der Waals surface area (Å²) < 4.78 is 14.4. The SMILES string of the molecule is CC(C)(C)[Si](OCC1=C2[C@@H](CC/C(=C/c3ccc(O)cc3Cl)c3ccccn3)OC[C@@H]2[C@@H]2C(=O)N(C3CCN(Cc4ccccc4)CC3)C(=O)[C@@H]2C1)(c1ccccc1)c1ccccc1. The first-order chi connectivity index (χ1) is 31.0. The van der Waals surface area contributed by atoms with Crippen LogP contribution in [0.5, 0.6) is 5.75 Å². The first-order valence-corrected chi connectivity index (χ1v) is 25.1. The van der Waals surface area contributed by atoms with Crippen LogP contribution in [0, 0.1) is 17.8 Å². The first kappa shape index (κ1) is 44.1. The van der Waals surface area contributed by atoms with Gasteiger partial charge in [0.2, 0.25) is 11.8 Å². The average Bonchev–Trinajstić information content (AvgIpc) is 3.84. The summed E-state index contributed by atoms with van der Waals surface area (Å²) in [6.07, 6.45) is 6.80. The molecule has 0 saturated carbocycles. The van der Waals surface area contributed by atoms with E-state index in [9.17, 15) is 14.7 Å². The van der Waals surface area contributed by atoms with Gasteiger partial charge in [-0.25, -0.2) is 0 Å². The quantitative estimate of drug-likeness (QED) is 0.0716. The van der Waals surface area contributed by atoms with Gasteiger partial charge in [0.25, 0.3) is 8.32 Å². The van der Waals surface area contributed by atoms with Crippen LogP contribution >= 0.6 is 11.6 Å². The molecule has 0 spiro atoms. The van der Waals surface area contributed by atoms with Crippen molar-refractivity contribution in [3.05, 3.63) is 167 Å². The molecule has 1 N–H and O–H groups in total. The summed E-state index contributed by atoms with van der Waals surface area (Å²) in [6, 6.07) is 42.6. The highest BCUT2D eigenvalue weighted by Crippen LogP contribution is 2.51. The van der Waals surface area contributed by atoms with Gasteiger partial charge in [-0.05, 0) is 112 Å². The molecule has 330 valence electrons. The number of nitrogens with zero attached hydrogens (tertiary/aromatic N) is 3. The number of pyridine rings is 1. The molecule has 4 aromatic carbocycles. The zero-order valence-electron chi connectivity index (χ0n) is 37.0. The predicted octanol–water partition coefficient (Wildman–Crippen LogP) is 9.32. The molecule has 2 amide bonds. The first-order valence-electron chi connectivity index (χ1n) is 22.8. The molecule has 1 aliphatic carbocycles. The van der Waals surface area contributed by atoms with E-state index in [1.54, 1.807) is 23.2 Å². The molecule has 0 bridgehead atoms. The van der Waals surface area contributed by atoms with Gasteiger partial charge in [-0.3, -0.25) is 24.4 Å². The number of hydrogen-bond donors (Lipinski definition) is 1. The molecule has 10 heteroatoms. The number of phenols is 1. The number of carbonyl (C=O) groups excluding carboxylic acids is 2. The van der Waals surface area contributed by atoms with Gasteiger partial charge >= 0.3 is 0 Å². The Morgan fingerprint density at radius 2 is 1.52 bits per heavy atom. The Morgan fingerprint density at radius 1 is 0.859 bits per heavy atom. The molecule has 5 aromatic rings. The molecular formula is C54H58ClN3O5Si. The van der Waals surface area contributed by atoms with Crippen LogP contribution in [-0.2, 0) is 25.3 Å². The molecule has 4 heterocycles. The second-order valence-electron chi connectivity index (χ2n) is 18.9. The minimum absolute atomic E-state index is 0.0342. The zero-order chi connectivity index (χ0) is 44.4. The number of piperidine rings is 1. The highest BCUT2D eigenvalue weighted by Gasteiger charge is 2.59. The van der Waals surface area contributed by atoms with Gasteiger partial charge in [-0.1, -0.05) is 129 Å². The predicted molar refractivity (Wildman–Crippen MR) is 256 cm³/mol. The molecule has 3 fully saturated rings. The van der Waals surface area contributed by atoms with Gasteiger partial charge < -0.3 is 14.3 Å². The van der Waals surface area contributed by atoms with Gasteiger partial charge in [0.05, 0.1) is 41.9 Å². The number of imide groups is 1. The van der Waals surface area contributed by atoms with Gasteiger partial charge in [0, 0.05) is 37.8 Å². The molecule has 1 aromatic heterocycles. The monoisotopic (exact) mass is 891 g/mol. The summed E-state index contributed by atoms with van der Waals surface area (Å²) in [4.78, 5) is 38.5. The van der Waals surface area contributed by atoms with Crippen molar-refractivity contribution in [1.29, 1.82) is 0 Å². The minimum Gasteiger partial charge on any atom is -0.508 e. The van der Waals surface area contributed by atoms with E-state index < -0.39 is 20.2 Å². The number of hydrogen-bond acceptors (Lipinski definition) is 7. The number of aromatic hydroxyl groups is 1. The molecule has 4 atom stereocenters. The summed E-state index contributed by atoms with van der Waals surface area (Å²) in [6.45, 7) is 10.1. The van der Waals surface area contributed by atoms with Gasteiger partial charge in [0.15, 0.2) is 0 Å². The van der Waals surface area contributed by atoms with Gasteiger partial charge in [0.1, 0.15) is 5.75 Å². The van der Waals surface area contributed by atoms with Crippen LogP contribution in [-0.4, -0.2) is 78.5 Å². The number of carbonyl (C=O) groups is 2. The van der Waals surface area contributed by atoms with Crippen molar-refractivity contribution in [2.24, 2.45) is 17.8 Å². The van der Waals surface area contributed by atoms with Crippen LogP contribution in [0.2, 0.25) is 10.1 Å². The van der Waals surface area contributed by atoms with E-state index in [-0.39, 0.29) is 40.7 Å². The van der Waals surface area contributed by atoms with Crippen LogP contribution in [0.3, 0.4) is 0 Å². The van der Waals surface area contributed by atoms with Gasteiger partial charge in [-0.15, -0.1) is 0 Å². The molecule has 3 aliphatic heterocycles. The number of amides is 2. The highest BCUT2D eigenvalue weighted by atomic mass is 35.5. The van der Waals surface area contributed by atoms with E-state index in [0.717, 1.165) is 60.5 Å². The Hall–Kier alpha value is -5.16. The number of aromatic nitrogens is 1. The van der Waals surface area contributed by atoms with Crippen molar-refractivity contribution in [2.75, 3.05) is 26.3 Å². The Kier molecular flexibility index (Phi) is 12.9. The van der Waals surface area contributed by atoms with Crippen LogP contribution in [0.1, 0.15) is 69.7 Å². The third kappa shape index (κ3) is 8.69. The highest BCUT2D eigenvalue weighted by molar-refractivity contribution is 6.99. The van der Waals surface area contributed by atoms with Crippen molar-refractivity contribution in [3.8, 4) is 5.75 Å². The lowest BCUT2D eigenvalue weighted by Crippen LogP contribution is -2.66. The van der Waals surface area contributed by atoms with E-state index in [0.29, 0.717) is 37.5 Å². The molecule has 0 unspecified atom stereocenters. The molecule has 64 heavy (non-hydrogen) atoms. The summed E-state index contributed by atoms with van der Waals surface area (Å²) in [5.41, 5.74) is 6.09. The number of fused-ring (bicyclic) bond motifs is 3. The maximum absolute atomic E-state index is 14.8. The summed E-state index contributed by atoms with van der Waals surface area (Å²) in [5, 5.41) is 12.7. The van der Waals surface area contributed by atoms with E-state index >= 15 is 0 Å². The summed E-state index contributed by atoms with van der Waals surface area (Å²) in [7, 11) is -2.96. The van der Waals surface area contributed by atoms with E-state index in [1.165, 1.54) is 15.9 Å². The second-order valence-corrected chi connectivity index (χ2v) is 23.7. The van der Waals surface area contributed by atoms with Crippen molar-refractivity contribution in [1.82, 2.24) is 14.8 Å². The molecule has 8 nitrogen and oxygen atoms in total. The fraction of sp³-hybridized carbons (Fsp3) is 0.352. The lowest BCUT2D eigenvalue weighted by atomic mass is 9.69. The fourth-order valence-electron chi connectivity index (χ4n) is 11.1. The molecular weight excluding hydrogens is 834 g/mol. The number of allylic oxidation sites excluding steroid dienone is 1. The molecule has 3 saturated heterocycles. The van der Waals surface area contributed by atoms with E-state index in [2.05, 4.69) is 111 Å². The Balaban J connectivity index is 1.05. The Labute approximate surface area is 383 Å². The van der Waals surface area contributed by atoms with Crippen molar-refractivity contribution in [2.45, 2.75) is 76.6 Å². The van der Waals surface area contributed by atoms with E-state index in [4.69, 9.17) is 25.7 Å². The maximum Gasteiger partial charge on any atom is 0.261 e. The zero-order valence-corrected chi connectivity index (χ0v) is 38.8. The van der Waals surface area contributed by atoms with Crippen LogP contribution in [0.25, 0.3) is 11.6 Å². The largest absolute Gasteiger partial charge is 0.508 e. The lowest BCUT2D eigenvalue weighted by molar-refractivity contribution is -0.144. The standard InChI is InChI=1S/C54H58ClN3O5Si/c1-54(2,3)64(43-17-9-5-10-18-43,44-19-11-6-12-20-44)63-35-40-32-45-51(53(61)58(52(45)60)41-26-29-57(30-27-41)34-37-15-7-4-8-16-37)46-36-62-49(50(40)46)25-23-39(48-21-13-14-28-56-48)31-38-22-24-42(59)33-47(38)55/h4-22,24,28,31,33,41,45-46,49,51,59H,23,25-27,29-30,32,34-36H2,1-3H3/b39-31-/t45-,46+,49-,51-/m1/s1. The van der Waals surface area contributed by atoms with Crippen LogP contribution in [0.4, 0.5) is 0 Å². The maximum atomic E-state index is 14.8. The molecule has 9 rings (SSSR count). The Morgan fingerprint density at radius 3 is 2.14 bits per heavy atom. The minimum atomic E-state index is -2.96. The van der Waals surface area contributed by atoms with Crippen LogP contribution in [0.15, 0.2) is 145 Å². The van der Waals surface area contributed by atoms with Crippen LogP contribution < -0.4 is 10.4 Å². The normalized spacial score (nSPS) is 22.2. The lowest BCUT2D eigenvalue weighted by Gasteiger charge is -2.44.